The number of aromatic hydroxyl groups is 1. The minimum atomic E-state index is -1.21. The van der Waals surface area contributed by atoms with Crippen molar-refractivity contribution in [1.29, 1.82) is 0 Å². The second-order valence-corrected chi connectivity index (χ2v) is 13.8. The van der Waals surface area contributed by atoms with Crippen molar-refractivity contribution in [2.45, 2.75) is 104 Å². The summed E-state index contributed by atoms with van der Waals surface area (Å²) in [5.41, 5.74) is 0.599. The summed E-state index contributed by atoms with van der Waals surface area (Å²) in [6.45, 7) is 10.6. The molecule has 0 spiro atoms. The molecule has 0 aliphatic carbocycles. The Kier molecular flexibility index (Phi) is 15.4. The lowest BCUT2D eigenvalue weighted by Gasteiger charge is -2.35. The van der Waals surface area contributed by atoms with Gasteiger partial charge in [-0.2, -0.15) is 0 Å². The molecule has 1 aromatic rings. The summed E-state index contributed by atoms with van der Waals surface area (Å²) in [6.07, 6.45) is 0.570. The molecule has 284 valence electrons. The van der Waals surface area contributed by atoms with Gasteiger partial charge in [-0.3, -0.25) is 38.8 Å². The number of rotatable bonds is 6. The van der Waals surface area contributed by atoms with Crippen LogP contribution < -0.4 is 16.0 Å². The van der Waals surface area contributed by atoms with Crippen LogP contribution in [0.4, 0.5) is 0 Å². The maximum atomic E-state index is 14.1. The molecule has 7 atom stereocenters. The van der Waals surface area contributed by atoms with Gasteiger partial charge in [0.25, 0.3) is 5.91 Å². The van der Waals surface area contributed by atoms with Crippen molar-refractivity contribution in [3.8, 4) is 5.75 Å². The van der Waals surface area contributed by atoms with Crippen molar-refractivity contribution in [1.82, 2.24) is 35.7 Å². The van der Waals surface area contributed by atoms with Crippen LogP contribution in [0.2, 0.25) is 0 Å². The minimum absolute atomic E-state index is 0.00363. The monoisotopic (exact) mass is 717 g/mol. The summed E-state index contributed by atoms with van der Waals surface area (Å²) < 4.78 is 0. The third kappa shape index (κ3) is 11.1. The van der Waals surface area contributed by atoms with Gasteiger partial charge in [-0.05, 0) is 56.7 Å². The van der Waals surface area contributed by atoms with E-state index >= 15 is 0 Å². The van der Waals surface area contributed by atoms with E-state index < -0.39 is 90.1 Å². The molecule has 0 bridgehead atoms. The molecule has 1 aliphatic rings. The summed E-state index contributed by atoms with van der Waals surface area (Å²) in [4.78, 5) is 98.3. The number of likely N-dealkylation sites (N-methyl/N-ethyl adjacent to an activating group) is 3. The zero-order valence-electron chi connectivity index (χ0n) is 31.3. The summed E-state index contributed by atoms with van der Waals surface area (Å²) in [5.74, 6) is -5.64. The minimum Gasteiger partial charge on any atom is -0.508 e. The Morgan fingerprint density at radius 2 is 1.25 bits per heavy atom. The number of carbonyl (C=O) groups excluding carboxylic acids is 7. The molecule has 1 fully saturated rings. The van der Waals surface area contributed by atoms with Crippen LogP contribution in [-0.2, 0) is 40.0 Å². The van der Waals surface area contributed by atoms with Crippen LogP contribution in [0, 0.1) is 11.8 Å². The standard InChI is InChI=1S/C35H55N7O9/c1-11-20(4)29-31(46)37-22(6)33(48)41(10)27(16-19(2)3)35(50)42(51)18-28(44)36-21(5)32(47)39(8)23(7)34(49)40(9)26(30(45)38-29)17-24-12-14-25(43)15-13-24/h12-15,19-23,26-27,29,43,51H,11,16-18H2,1-10H3,(H,36,44)(H,37,46)(H,38,45). The number of benzene rings is 1. The number of hydrogen-bond acceptors (Lipinski definition) is 9. The Morgan fingerprint density at radius 1 is 0.725 bits per heavy atom. The van der Waals surface area contributed by atoms with Gasteiger partial charge in [-0.15, -0.1) is 0 Å². The van der Waals surface area contributed by atoms with Crippen LogP contribution in [0.5, 0.6) is 5.75 Å². The highest BCUT2D eigenvalue weighted by Crippen LogP contribution is 2.18. The lowest BCUT2D eigenvalue weighted by atomic mass is 9.96. The largest absolute Gasteiger partial charge is 0.508 e. The first kappa shape index (κ1) is 42.4. The second kappa shape index (κ2) is 18.5. The SMILES string of the molecule is CCC(C)C1NC(=O)C(Cc2ccc(O)cc2)N(C)C(=O)C(C)N(C)C(=O)C(C)NC(=O)CN(O)C(=O)C(CC(C)C)N(C)C(=O)C(C)NC1=O. The van der Waals surface area contributed by atoms with E-state index in [1.807, 2.05) is 20.8 Å². The first-order valence-corrected chi connectivity index (χ1v) is 17.2. The van der Waals surface area contributed by atoms with Crippen LogP contribution in [0.25, 0.3) is 0 Å². The third-order valence-corrected chi connectivity index (χ3v) is 9.38. The van der Waals surface area contributed by atoms with Gasteiger partial charge in [-0.25, -0.2) is 5.06 Å². The molecule has 0 radical (unpaired) electrons. The van der Waals surface area contributed by atoms with E-state index in [1.165, 1.54) is 58.9 Å². The quantitative estimate of drug-likeness (QED) is 0.255. The molecule has 51 heavy (non-hydrogen) atoms. The van der Waals surface area contributed by atoms with Crippen molar-refractivity contribution in [3.05, 3.63) is 29.8 Å². The number of phenols is 1. The number of amides is 7. The molecule has 5 N–H and O–H groups in total. The average Bonchev–Trinajstić information content (AvgIpc) is 3.08. The van der Waals surface area contributed by atoms with Gasteiger partial charge in [0, 0.05) is 27.6 Å². The Hall–Kier alpha value is -4.73. The molecule has 1 saturated heterocycles. The molecular formula is C35H55N7O9. The Bertz CT molecular complexity index is 1440. The van der Waals surface area contributed by atoms with E-state index in [-0.39, 0.29) is 29.6 Å². The predicted octanol–water partition coefficient (Wildman–Crippen LogP) is 0.253. The van der Waals surface area contributed by atoms with Gasteiger partial charge < -0.3 is 35.8 Å². The fraction of sp³-hybridized carbons (Fsp3) is 0.629. The molecule has 0 saturated carbocycles. The van der Waals surface area contributed by atoms with Crippen LogP contribution in [0.15, 0.2) is 24.3 Å². The number of nitrogens with one attached hydrogen (secondary N) is 3. The average molecular weight is 718 g/mol. The van der Waals surface area contributed by atoms with Gasteiger partial charge in [0.05, 0.1) is 0 Å². The number of hydroxylamine groups is 2. The highest BCUT2D eigenvalue weighted by Gasteiger charge is 2.39. The molecule has 1 aromatic carbocycles. The van der Waals surface area contributed by atoms with Crippen molar-refractivity contribution < 1.29 is 43.9 Å². The fourth-order valence-electron chi connectivity index (χ4n) is 5.75. The van der Waals surface area contributed by atoms with Crippen molar-refractivity contribution >= 4 is 41.4 Å². The molecule has 16 heteroatoms. The Morgan fingerprint density at radius 3 is 1.80 bits per heavy atom. The highest BCUT2D eigenvalue weighted by atomic mass is 16.5. The zero-order chi connectivity index (χ0) is 38.9. The summed E-state index contributed by atoms with van der Waals surface area (Å²) in [5, 5.41) is 28.5. The van der Waals surface area contributed by atoms with Gasteiger partial charge in [0.1, 0.15) is 48.5 Å². The van der Waals surface area contributed by atoms with Crippen LogP contribution in [0.1, 0.15) is 66.9 Å². The third-order valence-electron chi connectivity index (χ3n) is 9.38. The van der Waals surface area contributed by atoms with Crippen molar-refractivity contribution in [3.63, 3.8) is 0 Å². The molecule has 1 aliphatic heterocycles. The Labute approximate surface area is 299 Å². The van der Waals surface area contributed by atoms with Crippen molar-refractivity contribution in [2.24, 2.45) is 11.8 Å². The number of hydrogen-bond donors (Lipinski definition) is 5. The lowest BCUT2D eigenvalue weighted by molar-refractivity contribution is -0.176. The molecule has 7 amide bonds. The molecule has 7 unspecified atom stereocenters. The van der Waals surface area contributed by atoms with Crippen LogP contribution in [-0.4, -0.2) is 135 Å². The van der Waals surface area contributed by atoms with Gasteiger partial charge in [-0.1, -0.05) is 46.2 Å². The lowest BCUT2D eigenvalue weighted by Crippen LogP contribution is -2.60. The number of carbonyl (C=O) groups is 7. The van der Waals surface area contributed by atoms with Crippen LogP contribution >= 0.6 is 0 Å². The van der Waals surface area contributed by atoms with Gasteiger partial charge in [0.15, 0.2) is 0 Å². The molecule has 0 aromatic heterocycles. The topological polar surface area (TPSA) is 209 Å². The maximum absolute atomic E-state index is 14.1. The van der Waals surface area contributed by atoms with E-state index in [0.29, 0.717) is 12.0 Å². The summed E-state index contributed by atoms with van der Waals surface area (Å²) in [7, 11) is 4.12. The second-order valence-electron chi connectivity index (χ2n) is 13.8. The van der Waals surface area contributed by atoms with E-state index in [4.69, 9.17) is 0 Å². The predicted molar refractivity (Wildman–Crippen MR) is 187 cm³/mol. The van der Waals surface area contributed by atoms with Crippen molar-refractivity contribution in [2.75, 3.05) is 27.7 Å². The highest BCUT2D eigenvalue weighted by molar-refractivity contribution is 5.97. The van der Waals surface area contributed by atoms with Gasteiger partial charge in [0.2, 0.25) is 35.4 Å². The smallest absolute Gasteiger partial charge is 0.269 e. The van der Waals surface area contributed by atoms with E-state index in [9.17, 15) is 43.9 Å². The molecule has 16 nitrogen and oxygen atoms in total. The molecule has 1 heterocycles. The number of nitrogens with zero attached hydrogens (tertiary/aromatic N) is 4. The fourth-order valence-corrected chi connectivity index (χ4v) is 5.75. The normalized spacial score (nSPS) is 26.5. The van der Waals surface area contributed by atoms with Gasteiger partial charge >= 0.3 is 0 Å². The van der Waals surface area contributed by atoms with E-state index in [1.54, 1.807) is 19.1 Å². The van der Waals surface area contributed by atoms with E-state index in [2.05, 4.69) is 16.0 Å². The summed E-state index contributed by atoms with van der Waals surface area (Å²) in [6, 6.07) is -0.917. The van der Waals surface area contributed by atoms with E-state index in [0.717, 1.165) is 9.80 Å². The number of phenolic OH excluding ortho intramolecular Hbond substituents is 1. The van der Waals surface area contributed by atoms with Crippen LogP contribution in [0.3, 0.4) is 0 Å². The first-order valence-electron chi connectivity index (χ1n) is 17.2. The maximum Gasteiger partial charge on any atom is 0.269 e. The molecular weight excluding hydrogens is 662 g/mol. The summed E-state index contributed by atoms with van der Waals surface area (Å²) >= 11 is 0. The zero-order valence-corrected chi connectivity index (χ0v) is 31.3. The Balaban J connectivity index is 2.64. The molecule has 2 rings (SSSR count). The first-order chi connectivity index (χ1) is 23.7.